The molecule has 0 atom stereocenters. The van der Waals surface area contributed by atoms with Gasteiger partial charge >= 0.3 is 0 Å². The number of benzene rings is 4. The van der Waals surface area contributed by atoms with E-state index in [4.69, 9.17) is 23.7 Å². The molecule has 0 amide bonds. The van der Waals surface area contributed by atoms with Gasteiger partial charge in [-0.15, -0.1) is 0 Å². The van der Waals surface area contributed by atoms with Gasteiger partial charge in [-0.3, -0.25) is 0 Å². The molecule has 4 aromatic rings. The molecule has 0 bridgehead atoms. The topological polar surface area (TPSA) is 80.3 Å². The molecule has 0 fully saturated rings. The Morgan fingerprint density at radius 1 is 0.326 bits per heavy atom. The summed E-state index contributed by atoms with van der Waals surface area (Å²) in [6, 6.07) is 37.9. The number of hydrogen-bond acceptors (Lipinski definition) is 7. The Kier molecular flexibility index (Phi) is 13.9. The summed E-state index contributed by atoms with van der Waals surface area (Å²) in [5, 5.41) is 3.12. The lowest BCUT2D eigenvalue weighted by atomic mass is 10.4. The van der Waals surface area contributed by atoms with Crippen LogP contribution in [-0.4, -0.2) is 65.6 Å². The maximum Gasteiger partial charge on any atom is 0.167 e. The van der Waals surface area contributed by atoms with Crippen LogP contribution in [0.15, 0.2) is 121 Å². The minimum absolute atomic E-state index is 0.123. The molecule has 0 heterocycles. The van der Waals surface area contributed by atoms with Crippen LogP contribution in [0.3, 0.4) is 0 Å². The molecule has 7 nitrogen and oxygen atoms in total. The molecule has 0 aliphatic carbocycles. The van der Waals surface area contributed by atoms with Crippen LogP contribution in [0.5, 0.6) is 0 Å². The molecule has 0 aliphatic heterocycles. The van der Waals surface area contributed by atoms with Crippen LogP contribution in [0.25, 0.3) is 0 Å². The van der Waals surface area contributed by atoms with E-state index in [1.165, 1.54) is 0 Å². The first-order chi connectivity index (χ1) is 21.1. The lowest BCUT2D eigenvalue weighted by molar-refractivity contribution is -0.00583. The minimum Gasteiger partial charge on any atom is -0.377 e. The summed E-state index contributed by atoms with van der Waals surface area (Å²) in [4.78, 5) is 0. The molecule has 0 N–H and O–H groups in total. The van der Waals surface area contributed by atoms with Gasteiger partial charge < -0.3 is 32.8 Å². The van der Waals surface area contributed by atoms with Crippen molar-refractivity contribution in [3.05, 3.63) is 121 Å². The van der Waals surface area contributed by atoms with E-state index in [2.05, 4.69) is 0 Å². The highest BCUT2D eigenvalue weighted by Crippen LogP contribution is 2.44. The maximum atomic E-state index is 13.9. The van der Waals surface area contributed by atoms with E-state index >= 15 is 0 Å². The largest absolute Gasteiger partial charge is 0.377 e. The van der Waals surface area contributed by atoms with Crippen LogP contribution in [0, 0.1) is 0 Å². The summed E-state index contributed by atoms with van der Waals surface area (Å²) in [5.41, 5.74) is 0. The molecule has 43 heavy (non-hydrogen) atoms. The van der Waals surface area contributed by atoms with Crippen molar-refractivity contribution >= 4 is 35.5 Å². The Morgan fingerprint density at radius 3 is 0.767 bits per heavy atom. The Hall–Kier alpha value is -2.86. The van der Waals surface area contributed by atoms with E-state index in [0.717, 1.165) is 21.2 Å². The van der Waals surface area contributed by atoms with Crippen molar-refractivity contribution in [3.63, 3.8) is 0 Å². The predicted octanol–water partition coefficient (Wildman–Crippen LogP) is 5.01. The molecule has 0 aliphatic rings. The lowest BCUT2D eigenvalue weighted by Crippen LogP contribution is -2.21. The summed E-state index contributed by atoms with van der Waals surface area (Å²) in [6.45, 7) is 3.18. The molecule has 0 spiro atoms. The third-order valence-electron chi connectivity index (χ3n) is 6.73. The average molecular weight is 623 g/mol. The smallest absolute Gasteiger partial charge is 0.167 e. The van der Waals surface area contributed by atoms with Crippen LogP contribution in [-0.2, 0) is 32.8 Å². The zero-order chi connectivity index (χ0) is 30.1. The van der Waals surface area contributed by atoms with Gasteiger partial charge in [0.1, 0.15) is 12.7 Å². The second kappa shape index (κ2) is 18.1. The third-order valence-corrected chi connectivity index (χ3v) is 12.3. The molecule has 9 heteroatoms. The summed E-state index contributed by atoms with van der Waals surface area (Å²) < 4.78 is 56.1. The van der Waals surface area contributed by atoms with Gasteiger partial charge in [-0.25, -0.2) is 0 Å². The lowest BCUT2D eigenvalue weighted by Gasteiger charge is -2.19. The van der Waals surface area contributed by atoms with Gasteiger partial charge in [0, 0.05) is 21.2 Å². The van der Waals surface area contributed by atoms with Crippen LogP contribution in [0.4, 0.5) is 0 Å². The summed E-state index contributed by atoms with van der Waals surface area (Å²) in [7, 11) is -5.77. The first-order valence-corrected chi connectivity index (χ1v) is 18.2. The second-order valence-corrected chi connectivity index (χ2v) is 15.3. The van der Waals surface area contributed by atoms with Crippen LogP contribution < -0.4 is 21.2 Å². The van der Waals surface area contributed by atoms with Crippen LogP contribution >= 0.6 is 14.3 Å². The van der Waals surface area contributed by atoms with Crippen molar-refractivity contribution in [1.82, 2.24) is 0 Å². The highest BCUT2D eigenvalue weighted by atomic mass is 31.2. The highest BCUT2D eigenvalue weighted by Gasteiger charge is 2.28. The average Bonchev–Trinajstić information content (AvgIpc) is 3.08. The molecular formula is C34H40O7P2. The van der Waals surface area contributed by atoms with Crippen LogP contribution in [0.2, 0.25) is 0 Å². The fourth-order valence-electron chi connectivity index (χ4n) is 4.44. The van der Waals surface area contributed by atoms with Gasteiger partial charge in [-0.05, 0) is 0 Å². The number of rotatable bonds is 20. The van der Waals surface area contributed by atoms with Crippen molar-refractivity contribution < 1.29 is 32.8 Å². The Labute approximate surface area is 254 Å². The van der Waals surface area contributed by atoms with E-state index in [0.29, 0.717) is 52.9 Å². The molecule has 4 aromatic carbocycles. The van der Waals surface area contributed by atoms with E-state index in [1.54, 1.807) is 0 Å². The summed E-state index contributed by atoms with van der Waals surface area (Å²) in [6.07, 6.45) is 0.246. The SMILES string of the molecule is O=P(COCCOCCOCCOCCOCP(=O)(c1ccccc1)c1ccccc1)(c1ccccc1)c1ccccc1. The van der Waals surface area contributed by atoms with Crippen molar-refractivity contribution in [2.75, 3.05) is 65.6 Å². The molecule has 0 unspecified atom stereocenters. The maximum absolute atomic E-state index is 13.9. The van der Waals surface area contributed by atoms with E-state index in [-0.39, 0.29) is 12.7 Å². The van der Waals surface area contributed by atoms with Crippen molar-refractivity contribution in [3.8, 4) is 0 Å². The second-order valence-electron chi connectivity index (χ2n) is 9.73. The van der Waals surface area contributed by atoms with E-state index < -0.39 is 14.3 Å². The van der Waals surface area contributed by atoms with Crippen molar-refractivity contribution in [1.29, 1.82) is 0 Å². The third kappa shape index (κ3) is 10.1. The molecule has 0 aromatic heterocycles. The summed E-state index contributed by atoms with van der Waals surface area (Å²) in [5.74, 6) is 0. The molecule has 0 saturated heterocycles. The highest BCUT2D eigenvalue weighted by molar-refractivity contribution is 7.78. The normalized spacial score (nSPS) is 11.9. The first kappa shape index (κ1) is 33.0. The number of ether oxygens (including phenoxy) is 5. The predicted molar refractivity (Wildman–Crippen MR) is 174 cm³/mol. The molecule has 4 rings (SSSR count). The molecule has 0 radical (unpaired) electrons. The fraction of sp³-hybridized carbons (Fsp3) is 0.294. The van der Waals surface area contributed by atoms with Gasteiger partial charge in [0.2, 0.25) is 0 Å². The van der Waals surface area contributed by atoms with Gasteiger partial charge in [0.15, 0.2) is 14.3 Å². The number of hydrogen-bond donors (Lipinski definition) is 0. The van der Waals surface area contributed by atoms with E-state index in [9.17, 15) is 9.13 Å². The van der Waals surface area contributed by atoms with Gasteiger partial charge in [0.05, 0.1) is 52.9 Å². The zero-order valence-corrected chi connectivity index (χ0v) is 26.2. The molecule has 228 valence electrons. The van der Waals surface area contributed by atoms with Gasteiger partial charge in [-0.1, -0.05) is 121 Å². The fourth-order valence-corrected chi connectivity index (χ4v) is 9.02. The first-order valence-electron chi connectivity index (χ1n) is 14.4. The van der Waals surface area contributed by atoms with E-state index in [1.807, 2.05) is 121 Å². The summed E-state index contributed by atoms with van der Waals surface area (Å²) >= 11 is 0. The van der Waals surface area contributed by atoms with Crippen LogP contribution in [0.1, 0.15) is 0 Å². The van der Waals surface area contributed by atoms with Gasteiger partial charge in [0.25, 0.3) is 0 Å². The quantitative estimate of drug-likeness (QED) is 0.101. The Bertz CT molecular complexity index is 1210. The van der Waals surface area contributed by atoms with Gasteiger partial charge in [-0.2, -0.15) is 0 Å². The van der Waals surface area contributed by atoms with Crippen molar-refractivity contribution in [2.24, 2.45) is 0 Å². The van der Waals surface area contributed by atoms with Crippen molar-refractivity contribution in [2.45, 2.75) is 0 Å². The molecular weight excluding hydrogens is 582 g/mol. The molecule has 0 saturated carbocycles. The Balaban J connectivity index is 1.04. The monoisotopic (exact) mass is 622 g/mol. The minimum atomic E-state index is -2.88. The Morgan fingerprint density at radius 2 is 0.535 bits per heavy atom. The zero-order valence-electron chi connectivity index (χ0n) is 24.4. The standard InChI is InChI=1S/C34H40O7P2/c35-42(31-13-5-1-6-14-31,32-15-7-2-8-16-32)29-40-27-25-38-23-21-37-22-24-39-26-28-41-30-43(36,33-17-9-3-10-18-33)34-19-11-4-12-20-34/h1-20H,21-30H2.